The molecule has 0 unspecified atom stereocenters. The predicted molar refractivity (Wildman–Crippen MR) is 80.5 cm³/mol. The molecule has 0 aliphatic carbocycles. The molecule has 0 fully saturated rings. The molecule has 1 aromatic carbocycles. The summed E-state index contributed by atoms with van der Waals surface area (Å²) in [6.45, 7) is 1.85. The molecule has 0 radical (unpaired) electrons. The fourth-order valence-corrected chi connectivity index (χ4v) is 3.48. The van der Waals surface area contributed by atoms with Gasteiger partial charge in [0.05, 0.1) is 4.90 Å². The SMILES string of the molecule is Cc1c(N)cc(Cl)cc1S(=O)(=O)NCCc1nncn1C. The van der Waals surface area contributed by atoms with E-state index in [4.69, 9.17) is 17.3 Å². The molecule has 0 bridgehead atoms. The Bertz CT molecular complexity index is 757. The van der Waals surface area contributed by atoms with Gasteiger partial charge in [-0.25, -0.2) is 13.1 Å². The van der Waals surface area contributed by atoms with E-state index < -0.39 is 10.0 Å². The van der Waals surface area contributed by atoms with Crippen LogP contribution in [0.3, 0.4) is 0 Å². The molecule has 0 spiro atoms. The van der Waals surface area contributed by atoms with Gasteiger partial charge in [-0.05, 0) is 24.6 Å². The molecular weight excluding hydrogens is 314 g/mol. The van der Waals surface area contributed by atoms with E-state index >= 15 is 0 Å². The fourth-order valence-electron chi connectivity index (χ4n) is 1.86. The van der Waals surface area contributed by atoms with Crippen LogP contribution in [0.5, 0.6) is 0 Å². The van der Waals surface area contributed by atoms with Crippen molar-refractivity contribution in [2.45, 2.75) is 18.2 Å². The van der Waals surface area contributed by atoms with Gasteiger partial charge in [0.25, 0.3) is 0 Å². The quantitative estimate of drug-likeness (QED) is 0.793. The zero-order valence-electron chi connectivity index (χ0n) is 11.7. The number of nitrogens with two attached hydrogens (primary N) is 1. The molecular formula is C12H16ClN5O2S. The Morgan fingerprint density at radius 2 is 2.14 bits per heavy atom. The maximum atomic E-state index is 12.3. The van der Waals surface area contributed by atoms with Gasteiger partial charge in [-0.1, -0.05) is 11.6 Å². The molecule has 0 amide bonds. The standard InChI is InChI=1S/C12H16ClN5O2S/c1-8-10(14)5-9(13)6-11(8)21(19,20)16-4-3-12-17-15-7-18(12)2/h5-7,16H,3-4,14H2,1-2H3. The van der Waals surface area contributed by atoms with E-state index in [2.05, 4.69) is 14.9 Å². The summed E-state index contributed by atoms with van der Waals surface area (Å²) in [6, 6.07) is 2.91. The summed E-state index contributed by atoms with van der Waals surface area (Å²) in [5, 5.41) is 7.91. The van der Waals surface area contributed by atoms with Gasteiger partial charge in [0, 0.05) is 30.7 Å². The maximum Gasteiger partial charge on any atom is 0.240 e. The van der Waals surface area contributed by atoms with Crippen LogP contribution in [0.25, 0.3) is 0 Å². The van der Waals surface area contributed by atoms with Crippen molar-refractivity contribution in [1.29, 1.82) is 0 Å². The molecule has 114 valence electrons. The highest BCUT2D eigenvalue weighted by atomic mass is 35.5. The monoisotopic (exact) mass is 329 g/mol. The first-order valence-electron chi connectivity index (χ1n) is 6.19. The Hall–Kier alpha value is -1.64. The average Bonchev–Trinajstić information content (AvgIpc) is 2.79. The normalized spacial score (nSPS) is 11.8. The molecule has 7 nitrogen and oxygen atoms in total. The first-order chi connectivity index (χ1) is 9.81. The van der Waals surface area contributed by atoms with Crippen LogP contribution in [0.1, 0.15) is 11.4 Å². The summed E-state index contributed by atoms with van der Waals surface area (Å²) < 4.78 is 28.9. The number of anilines is 1. The minimum Gasteiger partial charge on any atom is -0.398 e. The van der Waals surface area contributed by atoms with Crippen molar-refractivity contribution in [3.05, 3.63) is 34.9 Å². The largest absolute Gasteiger partial charge is 0.398 e. The first-order valence-corrected chi connectivity index (χ1v) is 8.05. The van der Waals surface area contributed by atoms with E-state index in [1.807, 2.05) is 0 Å². The van der Waals surface area contributed by atoms with Crippen LogP contribution in [-0.4, -0.2) is 29.7 Å². The maximum absolute atomic E-state index is 12.3. The molecule has 1 heterocycles. The number of hydrogen-bond acceptors (Lipinski definition) is 5. The zero-order chi connectivity index (χ0) is 15.6. The summed E-state index contributed by atoms with van der Waals surface area (Å²) in [5.41, 5.74) is 6.57. The number of nitrogens with zero attached hydrogens (tertiary/aromatic N) is 3. The lowest BCUT2D eigenvalue weighted by atomic mass is 10.2. The van der Waals surface area contributed by atoms with Crippen molar-refractivity contribution < 1.29 is 8.42 Å². The summed E-state index contributed by atoms with van der Waals surface area (Å²) in [5.74, 6) is 0.694. The van der Waals surface area contributed by atoms with Gasteiger partial charge < -0.3 is 10.3 Å². The highest BCUT2D eigenvalue weighted by Gasteiger charge is 2.19. The number of aromatic nitrogens is 3. The van der Waals surface area contributed by atoms with Gasteiger partial charge in [-0.15, -0.1) is 10.2 Å². The van der Waals surface area contributed by atoms with Crippen molar-refractivity contribution in [1.82, 2.24) is 19.5 Å². The lowest BCUT2D eigenvalue weighted by molar-refractivity contribution is 0.579. The number of hydrogen-bond donors (Lipinski definition) is 2. The number of nitrogen functional groups attached to an aromatic ring is 1. The van der Waals surface area contributed by atoms with Crippen LogP contribution >= 0.6 is 11.6 Å². The summed E-state index contributed by atoms with van der Waals surface area (Å²) >= 11 is 5.87. The van der Waals surface area contributed by atoms with E-state index in [0.717, 1.165) is 0 Å². The fraction of sp³-hybridized carbons (Fsp3) is 0.333. The second kappa shape index (κ2) is 6.00. The van der Waals surface area contributed by atoms with Crippen molar-refractivity contribution in [3.63, 3.8) is 0 Å². The lowest BCUT2D eigenvalue weighted by Gasteiger charge is -2.11. The Kier molecular flexibility index (Phi) is 4.50. The second-order valence-electron chi connectivity index (χ2n) is 4.62. The van der Waals surface area contributed by atoms with Crippen molar-refractivity contribution in [2.75, 3.05) is 12.3 Å². The topological polar surface area (TPSA) is 103 Å². The van der Waals surface area contributed by atoms with E-state index in [1.54, 1.807) is 24.9 Å². The Labute approximate surface area is 128 Å². The minimum absolute atomic E-state index is 0.0884. The lowest BCUT2D eigenvalue weighted by Crippen LogP contribution is -2.27. The van der Waals surface area contributed by atoms with Crippen LogP contribution in [0.2, 0.25) is 5.02 Å². The summed E-state index contributed by atoms with van der Waals surface area (Å²) in [4.78, 5) is 0.0884. The molecule has 0 aliphatic heterocycles. The number of benzene rings is 1. The molecule has 0 saturated carbocycles. The molecule has 3 N–H and O–H groups in total. The molecule has 0 aliphatic rings. The Morgan fingerprint density at radius 3 is 2.76 bits per heavy atom. The molecule has 2 rings (SSSR count). The van der Waals surface area contributed by atoms with Gasteiger partial charge in [0.2, 0.25) is 10.0 Å². The van der Waals surface area contributed by atoms with E-state index in [0.29, 0.717) is 23.5 Å². The highest BCUT2D eigenvalue weighted by Crippen LogP contribution is 2.25. The predicted octanol–water partition coefficient (Wildman–Crippen LogP) is 0.880. The smallest absolute Gasteiger partial charge is 0.240 e. The van der Waals surface area contributed by atoms with Crippen molar-refractivity contribution >= 4 is 27.3 Å². The summed E-state index contributed by atoms with van der Waals surface area (Å²) in [6.07, 6.45) is 2.00. The molecule has 0 atom stereocenters. The number of rotatable bonds is 5. The third kappa shape index (κ3) is 3.52. The number of aryl methyl sites for hydroxylation is 1. The van der Waals surface area contributed by atoms with Crippen LogP contribution in [-0.2, 0) is 23.5 Å². The highest BCUT2D eigenvalue weighted by molar-refractivity contribution is 7.89. The van der Waals surface area contributed by atoms with Crippen LogP contribution < -0.4 is 10.5 Å². The van der Waals surface area contributed by atoms with E-state index in [-0.39, 0.29) is 16.5 Å². The Balaban J connectivity index is 2.14. The average molecular weight is 330 g/mol. The molecule has 1 aromatic heterocycles. The zero-order valence-corrected chi connectivity index (χ0v) is 13.2. The number of sulfonamides is 1. The van der Waals surface area contributed by atoms with Gasteiger partial charge in [-0.3, -0.25) is 0 Å². The first kappa shape index (κ1) is 15.7. The van der Waals surface area contributed by atoms with Crippen molar-refractivity contribution in [3.8, 4) is 0 Å². The molecule has 0 saturated heterocycles. The molecule has 21 heavy (non-hydrogen) atoms. The van der Waals surface area contributed by atoms with Crippen LogP contribution in [0.15, 0.2) is 23.4 Å². The van der Waals surface area contributed by atoms with Gasteiger partial charge >= 0.3 is 0 Å². The van der Waals surface area contributed by atoms with Crippen molar-refractivity contribution in [2.24, 2.45) is 7.05 Å². The number of nitrogens with one attached hydrogen (secondary N) is 1. The van der Waals surface area contributed by atoms with Crippen LogP contribution in [0.4, 0.5) is 5.69 Å². The second-order valence-corrected chi connectivity index (χ2v) is 6.80. The number of halogens is 1. The third-order valence-corrected chi connectivity index (χ3v) is 4.91. The van der Waals surface area contributed by atoms with Crippen LogP contribution in [0, 0.1) is 6.92 Å². The van der Waals surface area contributed by atoms with Gasteiger partial charge in [0.15, 0.2) is 0 Å². The third-order valence-electron chi connectivity index (χ3n) is 3.10. The Morgan fingerprint density at radius 1 is 1.43 bits per heavy atom. The molecule has 9 heteroatoms. The minimum atomic E-state index is -3.67. The molecule has 2 aromatic rings. The van der Waals surface area contributed by atoms with E-state index in [1.165, 1.54) is 12.1 Å². The van der Waals surface area contributed by atoms with Gasteiger partial charge in [0.1, 0.15) is 12.2 Å². The van der Waals surface area contributed by atoms with E-state index in [9.17, 15) is 8.42 Å². The van der Waals surface area contributed by atoms with Gasteiger partial charge in [-0.2, -0.15) is 0 Å². The summed E-state index contributed by atoms with van der Waals surface area (Å²) in [7, 11) is -1.88.